The van der Waals surface area contributed by atoms with Crippen molar-refractivity contribution in [2.45, 2.75) is 6.42 Å². The highest BCUT2D eigenvalue weighted by Gasteiger charge is 2.09. The van der Waals surface area contributed by atoms with Gasteiger partial charge in [0, 0.05) is 18.7 Å². The van der Waals surface area contributed by atoms with E-state index in [1.807, 2.05) is 24.3 Å². The van der Waals surface area contributed by atoms with Gasteiger partial charge in [0.2, 0.25) is 0 Å². The minimum absolute atomic E-state index is 0.0710. The standard InChI is InChI=1S/C19H25ClN5O2/c1-25(2,3)13-12-21-11-10-15-4-6-16(7-5-15)22-23-19-9-8-17(24(26)27)14-18(19)20/h4-9,14,21H,10-13H2,1-3H3/q+1. The van der Waals surface area contributed by atoms with E-state index in [9.17, 15) is 10.1 Å². The zero-order chi connectivity index (χ0) is 19.9. The molecule has 0 aliphatic carbocycles. The molecule has 2 aromatic carbocycles. The number of halogens is 1. The third kappa shape index (κ3) is 7.42. The molecule has 1 N–H and O–H groups in total. The Balaban J connectivity index is 1.86. The van der Waals surface area contributed by atoms with E-state index in [0.29, 0.717) is 11.4 Å². The summed E-state index contributed by atoms with van der Waals surface area (Å²) in [6.07, 6.45) is 0.947. The predicted molar refractivity (Wildman–Crippen MR) is 108 cm³/mol. The molecule has 0 heterocycles. The summed E-state index contributed by atoms with van der Waals surface area (Å²) < 4.78 is 0.950. The number of hydrogen-bond donors (Lipinski definition) is 1. The molecule has 2 aromatic rings. The fraction of sp³-hybridized carbons (Fsp3) is 0.368. The number of quaternary nitrogens is 1. The van der Waals surface area contributed by atoms with Crippen LogP contribution in [0.4, 0.5) is 17.1 Å². The first-order valence-electron chi connectivity index (χ1n) is 8.70. The Kier molecular flexibility index (Phi) is 7.41. The zero-order valence-corrected chi connectivity index (χ0v) is 16.6. The first-order valence-corrected chi connectivity index (χ1v) is 9.08. The lowest BCUT2D eigenvalue weighted by Crippen LogP contribution is -2.40. The minimum Gasteiger partial charge on any atom is -0.330 e. The molecule has 0 aliphatic rings. The van der Waals surface area contributed by atoms with Gasteiger partial charge in [-0.3, -0.25) is 10.1 Å². The van der Waals surface area contributed by atoms with Gasteiger partial charge in [0.15, 0.2) is 0 Å². The number of nitro benzene ring substituents is 1. The van der Waals surface area contributed by atoms with Gasteiger partial charge in [-0.1, -0.05) is 23.7 Å². The van der Waals surface area contributed by atoms with Crippen molar-refractivity contribution in [3.8, 4) is 0 Å². The lowest BCUT2D eigenvalue weighted by Gasteiger charge is -2.23. The minimum atomic E-state index is -0.497. The highest BCUT2D eigenvalue weighted by Crippen LogP contribution is 2.30. The van der Waals surface area contributed by atoms with Gasteiger partial charge in [0.25, 0.3) is 5.69 Å². The Hall–Kier alpha value is -2.35. The van der Waals surface area contributed by atoms with Gasteiger partial charge in [0.05, 0.1) is 43.3 Å². The molecule has 0 bridgehead atoms. The summed E-state index contributed by atoms with van der Waals surface area (Å²) in [5.41, 5.74) is 2.25. The molecule has 7 nitrogen and oxygen atoms in total. The Bertz CT molecular complexity index is 801. The third-order valence-electron chi connectivity index (χ3n) is 3.90. The van der Waals surface area contributed by atoms with Crippen LogP contribution >= 0.6 is 11.6 Å². The van der Waals surface area contributed by atoms with Crippen LogP contribution in [0.5, 0.6) is 0 Å². The van der Waals surface area contributed by atoms with E-state index in [-0.39, 0.29) is 10.7 Å². The van der Waals surface area contributed by atoms with Crippen molar-refractivity contribution in [3.05, 3.63) is 63.2 Å². The molecule has 27 heavy (non-hydrogen) atoms. The molecular formula is C19H25ClN5O2+. The Labute approximate surface area is 164 Å². The normalized spacial score (nSPS) is 11.9. The largest absolute Gasteiger partial charge is 0.330 e. The number of nitro groups is 1. The van der Waals surface area contributed by atoms with Gasteiger partial charge in [-0.2, -0.15) is 5.11 Å². The molecule has 0 unspecified atom stereocenters. The van der Waals surface area contributed by atoms with Crippen molar-refractivity contribution in [2.75, 3.05) is 40.8 Å². The van der Waals surface area contributed by atoms with E-state index in [2.05, 4.69) is 36.7 Å². The summed E-state index contributed by atoms with van der Waals surface area (Å²) >= 11 is 6.01. The van der Waals surface area contributed by atoms with Crippen molar-refractivity contribution in [1.82, 2.24) is 5.32 Å². The molecule has 144 valence electrons. The van der Waals surface area contributed by atoms with Crippen LogP contribution in [-0.2, 0) is 6.42 Å². The molecule has 0 saturated heterocycles. The maximum Gasteiger partial charge on any atom is 0.271 e. The van der Waals surface area contributed by atoms with Gasteiger partial charge in [0.1, 0.15) is 5.69 Å². The number of nitrogens with zero attached hydrogens (tertiary/aromatic N) is 4. The monoisotopic (exact) mass is 390 g/mol. The van der Waals surface area contributed by atoms with Crippen molar-refractivity contribution >= 4 is 28.7 Å². The van der Waals surface area contributed by atoms with Crippen molar-refractivity contribution in [1.29, 1.82) is 0 Å². The van der Waals surface area contributed by atoms with Crippen LogP contribution in [0.1, 0.15) is 5.56 Å². The Morgan fingerprint density at radius 3 is 2.37 bits per heavy atom. The number of benzene rings is 2. The second-order valence-corrected chi connectivity index (χ2v) is 7.68. The van der Waals surface area contributed by atoms with E-state index in [1.165, 1.54) is 23.8 Å². The lowest BCUT2D eigenvalue weighted by molar-refractivity contribution is -0.869. The summed E-state index contributed by atoms with van der Waals surface area (Å²) in [5, 5.41) is 22.6. The number of azo groups is 1. The summed E-state index contributed by atoms with van der Waals surface area (Å²) in [4.78, 5) is 10.2. The summed E-state index contributed by atoms with van der Waals surface area (Å²) in [5.74, 6) is 0. The van der Waals surface area contributed by atoms with Crippen molar-refractivity contribution in [3.63, 3.8) is 0 Å². The average Bonchev–Trinajstić information content (AvgIpc) is 2.60. The van der Waals surface area contributed by atoms with Crippen LogP contribution < -0.4 is 5.32 Å². The van der Waals surface area contributed by atoms with Crippen LogP contribution in [0.3, 0.4) is 0 Å². The Morgan fingerprint density at radius 2 is 1.78 bits per heavy atom. The predicted octanol–water partition coefficient (Wildman–Crippen LogP) is 4.50. The summed E-state index contributed by atoms with van der Waals surface area (Å²) in [7, 11) is 6.54. The smallest absolute Gasteiger partial charge is 0.271 e. The molecule has 0 fully saturated rings. The van der Waals surface area contributed by atoms with E-state index in [4.69, 9.17) is 11.6 Å². The first-order chi connectivity index (χ1) is 12.7. The molecule has 2 rings (SSSR count). The van der Waals surface area contributed by atoms with Gasteiger partial charge in [-0.15, -0.1) is 5.11 Å². The molecule has 0 spiro atoms. The summed E-state index contributed by atoms with van der Waals surface area (Å²) in [6, 6.07) is 11.9. The second kappa shape index (κ2) is 9.55. The molecule has 0 amide bonds. The third-order valence-corrected chi connectivity index (χ3v) is 4.20. The SMILES string of the molecule is C[N+](C)(C)CCNCCc1ccc(N=Nc2ccc([N+](=O)[O-])cc2Cl)cc1. The molecule has 8 heteroatoms. The van der Waals surface area contributed by atoms with Crippen molar-refractivity contribution in [2.24, 2.45) is 10.2 Å². The molecule has 0 aliphatic heterocycles. The average molecular weight is 391 g/mol. The Morgan fingerprint density at radius 1 is 1.07 bits per heavy atom. The maximum absolute atomic E-state index is 10.7. The molecule has 0 atom stereocenters. The molecule has 0 aromatic heterocycles. The number of non-ortho nitro benzene ring substituents is 1. The van der Waals surface area contributed by atoms with E-state index < -0.39 is 4.92 Å². The molecule has 0 radical (unpaired) electrons. The van der Waals surface area contributed by atoms with Crippen LogP contribution in [-0.4, -0.2) is 50.2 Å². The van der Waals surface area contributed by atoms with Crippen LogP contribution in [0.25, 0.3) is 0 Å². The van der Waals surface area contributed by atoms with Gasteiger partial charge in [-0.25, -0.2) is 0 Å². The molecule has 0 saturated carbocycles. The second-order valence-electron chi connectivity index (χ2n) is 7.27. The topological polar surface area (TPSA) is 79.9 Å². The highest BCUT2D eigenvalue weighted by atomic mass is 35.5. The number of rotatable bonds is 9. The fourth-order valence-corrected chi connectivity index (χ4v) is 2.52. The highest BCUT2D eigenvalue weighted by molar-refractivity contribution is 6.33. The first kappa shape index (κ1) is 21.0. The zero-order valence-electron chi connectivity index (χ0n) is 15.9. The lowest BCUT2D eigenvalue weighted by atomic mass is 10.1. The van der Waals surface area contributed by atoms with Crippen LogP contribution in [0.2, 0.25) is 5.02 Å². The van der Waals surface area contributed by atoms with E-state index in [0.717, 1.165) is 30.5 Å². The van der Waals surface area contributed by atoms with Gasteiger partial charge < -0.3 is 9.80 Å². The van der Waals surface area contributed by atoms with Gasteiger partial charge >= 0.3 is 0 Å². The van der Waals surface area contributed by atoms with Gasteiger partial charge in [-0.05, 0) is 36.7 Å². The van der Waals surface area contributed by atoms with E-state index in [1.54, 1.807) is 0 Å². The van der Waals surface area contributed by atoms with Crippen LogP contribution in [0, 0.1) is 10.1 Å². The number of likely N-dealkylation sites (N-methyl/N-ethyl adjacent to an activating group) is 1. The summed E-state index contributed by atoms with van der Waals surface area (Å²) in [6.45, 7) is 3.01. The quantitative estimate of drug-likeness (QED) is 0.225. The number of hydrogen-bond acceptors (Lipinski definition) is 5. The van der Waals surface area contributed by atoms with Crippen LogP contribution in [0.15, 0.2) is 52.7 Å². The fourth-order valence-electron chi connectivity index (χ4n) is 2.30. The molecular weight excluding hydrogens is 366 g/mol. The van der Waals surface area contributed by atoms with Crippen molar-refractivity contribution < 1.29 is 9.41 Å². The van der Waals surface area contributed by atoms with E-state index >= 15 is 0 Å². The number of nitrogens with one attached hydrogen (secondary N) is 1. The maximum atomic E-state index is 10.7.